The summed E-state index contributed by atoms with van der Waals surface area (Å²) in [6.45, 7) is 9.88. The number of aromatic nitrogens is 4. The van der Waals surface area contributed by atoms with Gasteiger partial charge >= 0.3 is 0 Å². The molecule has 1 fully saturated rings. The summed E-state index contributed by atoms with van der Waals surface area (Å²) in [6, 6.07) is 0. The number of imidazole rings is 1. The Morgan fingerprint density at radius 2 is 2.00 bits per heavy atom. The number of rotatable bonds is 5. The monoisotopic (exact) mass is 410 g/mol. The standard InChI is InChI=1S/C17H28N5O5Si/c1-16(2,3)26-7-9-11(23)12(24)17(27-9,28(5)6)22-8-19-10-13(22)20-15(18)21-14(10)25-4/h8-9,11-12,23-24H,7H2,1-6H3,(H2,18,20,21)/t9-,11-,12+,17-/m1/s1. The van der Waals surface area contributed by atoms with E-state index in [1.54, 1.807) is 4.57 Å². The Morgan fingerprint density at radius 3 is 2.57 bits per heavy atom. The lowest BCUT2D eigenvalue weighted by atomic mass is 10.1. The molecule has 0 amide bonds. The molecule has 0 saturated carbocycles. The SMILES string of the molecule is COc1nc(N)nc2c1ncn2[C@@]1([Si](C)C)O[C@H](COC(C)(C)C)[C@@H](O)[C@@H]1O. The molecular weight excluding hydrogens is 382 g/mol. The molecule has 0 aromatic carbocycles. The molecule has 155 valence electrons. The smallest absolute Gasteiger partial charge is 0.246 e. The molecular formula is C17H28N5O5Si. The fourth-order valence-corrected chi connectivity index (χ4v) is 5.19. The van der Waals surface area contributed by atoms with Gasteiger partial charge in [0.1, 0.15) is 27.1 Å². The number of nitrogens with zero attached hydrogens (tertiary/aromatic N) is 4. The lowest BCUT2D eigenvalue weighted by molar-refractivity contribution is -0.118. The number of aliphatic hydroxyl groups is 2. The maximum Gasteiger partial charge on any atom is 0.246 e. The maximum absolute atomic E-state index is 11.0. The second-order valence-electron chi connectivity index (χ2n) is 8.09. The van der Waals surface area contributed by atoms with E-state index in [9.17, 15) is 10.2 Å². The fourth-order valence-electron chi connectivity index (χ4n) is 3.40. The van der Waals surface area contributed by atoms with Gasteiger partial charge in [0.05, 0.1) is 25.6 Å². The zero-order valence-electron chi connectivity index (χ0n) is 17.0. The summed E-state index contributed by atoms with van der Waals surface area (Å²) in [6.07, 6.45) is -1.50. The van der Waals surface area contributed by atoms with Crippen LogP contribution in [0.25, 0.3) is 11.2 Å². The van der Waals surface area contributed by atoms with Gasteiger partial charge in [0, 0.05) is 0 Å². The number of anilines is 1. The normalized spacial score (nSPS) is 28.4. The van der Waals surface area contributed by atoms with Gasteiger partial charge in [-0.2, -0.15) is 9.97 Å². The molecule has 10 nitrogen and oxygen atoms in total. The predicted octanol–water partition coefficient (Wildman–Crippen LogP) is 0.299. The van der Waals surface area contributed by atoms with Gasteiger partial charge < -0.3 is 30.2 Å². The van der Waals surface area contributed by atoms with Crippen molar-refractivity contribution in [1.29, 1.82) is 0 Å². The molecule has 0 unspecified atom stereocenters. The topological polar surface area (TPSA) is 138 Å². The van der Waals surface area contributed by atoms with Crippen LogP contribution in [-0.4, -0.2) is 76.2 Å². The molecule has 1 aliphatic rings. The molecule has 2 aromatic rings. The second kappa shape index (κ2) is 7.23. The molecule has 28 heavy (non-hydrogen) atoms. The van der Waals surface area contributed by atoms with Crippen molar-refractivity contribution in [2.24, 2.45) is 0 Å². The van der Waals surface area contributed by atoms with Crippen LogP contribution in [0.4, 0.5) is 5.95 Å². The zero-order valence-corrected chi connectivity index (χ0v) is 18.0. The Kier molecular flexibility index (Phi) is 5.40. The average Bonchev–Trinajstić information content (AvgIpc) is 3.13. The Morgan fingerprint density at radius 1 is 1.32 bits per heavy atom. The zero-order chi connectivity index (χ0) is 20.9. The van der Waals surface area contributed by atoms with E-state index >= 15 is 0 Å². The number of methoxy groups -OCH3 is 1. The van der Waals surface area contributed by atoms with E-state index in [1.807, 2.05) is 33.9 Å². The molecule has 0 bridgehead atoms. The van der Waals surface area contributed by atoms with Crippen LogP contribution in [0.5, 0.6) is 5.88 Å². The van der Waals surface area contributed by atoms with E-state index in [2.05, 4.69) is 15.0 Å². The third-order valence-electron chi connectivity index (χ3n) is 4.77. The van der Waals surface area contributed by atoms with Gasteiger partial charge in [-0.1, -0.05) is 13.1 Å². The minimum Gasteiger partial charge on any atom is -0.479 e. The summed E-state index contributed by atoms with van der Waals surface area (Å²) in [7, 11) is 0.0780. The summed E-state index contributed by atoms with van der Waals surface area (Å²) in [5.74, 6) is 0.251. The number of ether oxygens (including phenoxy) is 3. The maximum atomic E-state index is 11.0. The van der Waals surface area contributed by atoms with Gasteiger partial charge in [0.25, 0.3) is 0 Å². The Balaban J connectivity index is 2.09. The molecule has 1 aliphatic heterocycles. The van der Waals surface area contributed by atoms with Crippen LogP contribution >= 0.6 is 0 Å². The van der Waals surface area contributed by atoms with Crippen molar-refractivity contribution >= 4 is 25.9 Å². The third kappa shape index (κ3) is 3.37. The van der Waals surface area contributed by atoms with Crippen molar-refractivity contribution < 1.29 is 24.4 Å². The highest BCUT2D eigenvalue weighted by atomic mass is 28.3. The highest BCUT2D eigenvalue weighted by Gasteiger charge is 2.58. The molecule has 0 aliphatic carbocycles. The van der Waals surface area contributed by atoms with Crippen molar-refractivity contribution in [3.8, 4) is 5.88 Å². The number of hydrogen-bond acceptors (Lipinski definition) is 9. The van der Waals surface area contributed by atoms with Gasteiger partial charge in [-0.3, -0.25) is 4.57 Å². The summed E-state index contributed by atoms with van der Waals surface area (Å²) < 4.78 is 19.0. The number of fused-ring (bicyclic) bond motifs is 1. The first-order valence-electron chi connectivity index (χ1n) is 9.05. The highest BCUT2D eigenvalue weighted by Crippen LogP contribution is 2.40. The summed E-state index contributed by atoms with van der Waals surface area (Å²) in [4.78, 5) is 12.7. The molecule has 1 saturated heterocycles. The van der Waals surface area contributed by atoms with E-state index in [0.717, 1.165) is 0 Å². The highest BCUT2D eigenvalue weighted by molar-refractivity contribution is 6.58. The quantitative estimate of drug-likeness (QED) is 0.594. The van der Waals surface area contributed by atoms with E-state index in [4.69, 9.17) is 19.9 Å². The van der Waals surface area contributed by atoms with Gasteiger partial charge in [0.15, 0.2) is 16.5 Å². The van der Waals surface area contributed by atoms with Crippen molar-refractivity contribution in [3.63, 3.8) is 0 Å². The largest absolute Gasteiger partial charge is 0.479 e. The van der Waals surface area contributed by atoms with Gasteiger partial charge in [0.2, 0.25) is 11.8 Å². The fraction of sp³-hybridized carbons (Fsp3) is 0.706. The molecule has 3 heterocycles. The first kappa shape index (κ1) is 20.9. The van der Waals surface area contributed by atoms with Gasteiger partial charge in [-0.05, 0) is 20.8 Å². The molecule has 2 aromatic heterocycles. The summed E-state index contributed by atoms with van der Waals surface area (Å²) in [5.41, 5.74) is 6.20. The minimum absolute atomic E-state index is 0.0166. The number of nitrogens with two attached hydrogens (primary N) is 1. The molecule has 11 heteroatoms. The van der Waals surface area contributed by atoms with Crippen LogP contribution in [0.15, 0.2) is 6.33 Å². The first-order valence-corrected chi connectivity index (χ1v) is 11.5. The van der Waals surface area contributed by atoms with Crippen LogP contribution in [-0.2, 0) is 14.8 Å². The predicted molar refractivity (Wildman–Crippen MR) is 104 cm³/mol. The van der Waals surface area contributed by atoms with E-state index in [0.29, 0.717) is 11.2 Å². The van der Waals surface area contributed by atoms with Gasteiger partial charge in [-0.15, -0.1) is 0 Å². The molecule has 3 rings (SSSR count). The van der Waals surface area contributed by atoms with Crippen molar-refractivity contribution in [3.05, 3.63) is 6.33 Å². The molecule has 1 radical (unpaired) electrons. The van der Waals surface area contributed by atoms with E-state index < -0.39 is 38.1 Å². The lowest BCUT2D eigenvalue weighted by Gasteiger charge is -2.37. The van der Waals surface area contributed by atoms with Crippen LogP contribution in [0, 0.1) is 0 Å². The van der Waals surface area contributed by atoms with Crippen molar-refractivity contribution in [1.82, 2.24) is 19.5 Å². The van der Waals surface area contributed by atoms with Crippen molar-refractivity contribution in [2.45, 2.75) is 63.1 Å². The van der Waals surface area contributed by atoms with Crippen LogP contribution < -0.4 is 10.5 Å². The average molecular weight is 411 g/mol. The van der Waals surface area contributed by atoms with Crippen LogP contribution in [0.2, 0.25) is 13.1 Å². The third-order valence-corrected chi connectivity index (χ3v) is 6.85. The van der Waals surface area contributed by atoms with Gasteiger partial charge in [-0.25, -0.2) is 4.98 Å². The summed E-state index contributed by atoms with van der Waals surface area (Å²) >= 11 is 0. The lowest BCUT2D eigenvalue weighted by Crippen LogP contribution is -2.54. The Labute approximate surface area is 165 Å². The second-order valence-corrected chi connectivity index (χ2v) is 10.8. The van der Waals surface area contributed by atoms with Crippen LogP contribution in [0.3, 0.4) is 0 Å². The van der Waals surface area contributed by atoms with Crippen molar-refractivity contribution in [2.75, 3.05) is 19.5 Å². The Bertz CT molecular complexity index is 854. The van der Waals surface area contributed by atoms with Crippen LogP contribution in [0.1, 0.15) is 20.8 Å². The molecule has 0 spiro atoms. The first-order chi connectivity index (χ1) is 13.0. The minimum atomic E-state index is -1.39. The number of hydrogen-bond donors (Lipinski definition) is 3. The van der Waals surface area contributed by atoms with E-state index in [1.165, 1.54) is 13.4 Å². The summed E-state index contributed by atoms with van der Waals surface area (Å²) in [5, 5.41) is 20.5. The van der Waals surface area contributed by atoms with E-state index in [-0.39, 0.29) is 18.4 Å². The Hall–Kier alpha value is -1.79. The number of aliphatic hydroxyl groups excluding tert-OH is 2. The molecule has 4 atom stereocenters. The number of nitrogen functional groups attached to an aromatic ring is 1. The molecule has 4 N–H and O–H groups in total.